The van der Waals surface area contributed by atoms with Gasteiger partial charge in [0.05, 0.1) is 26.4 Å². The molecule has 0 unspecified atom stereocenters. The summed E-state index contributed by atoms with van der Waals surface area (Å²) in [5, 5.41) is 11.5. The molecule has 7 heteroatoms. The van der Waals surface area contributed by atoms with Crippen LogP contribution in [0.3, 0.4) is 0 Å². The van der Waals surface area contributed by atoms with Gasteiger partial charge >= 0.3 is 0 Å². The Bertz CT molecular complexity index is 671. The Kier molecular flexibility index (Phi) is 8.14. The average Bonchev–Trinajstić information content (AvgIpc) is 2.73. The van der Waals surface area contributed by atoms with Gasteiger partial charge in [0.1, 0.15) is 25.1 Å². The molecule has 1 aromatic rings. The van der Waals surface area contributed by atoms with E-state index in [1.54, 1.807) is 6.08 Å². The van der Waals surface area contributed by atoms with Crippen LogP contribution in [0, 0.1) is 5.41 Å². The molecule has 2 aliphatic rings. The van der Waals surface area contributed by atoms with Crippen molar-refractivity contribution in [2.75, 3.05) is 52.8 Å². The molecular weight excluding hydrogens is 360 g/mol. The molecular formula is C21H30N2O5. The summed E-state index contributed by atoms with van der Waals surface area (Å²) < 4.78 is 27.6. The fourth-order valence-corrected chi connectivity index (χ4v) is 3.14. The van der Waals surface area contributed by atoms with Crippen LogP contribution < -0.4 is 10.1 Å². The van der Waals surface area contributed by atoms with Crippen LogP contribution >= 0.6 is 0 Å². The van der Waals surface area contributed by atoms with E-state index in [1.165, 1.54) is 5.56 Å². The lowest BCUT2D eigenvalue weighted by Crippen LogP contribution is -2.33. The molecule has 28 heavy (non-hydrogen) atoms. The molecule has 1 atom stereocenters. The van der Waals surface area contributed by atoms with E-state index >= 15 is 0 Å². The SMILES string of the molecule is CCCOCCOc1ccc2c(c1)CCN/C2=C\C(=N)OC[C@H]1COCCO1. The van der Waals surface area contributed by atoms with Crippen molar-refractivity contribution in [3.8, 4) is 5.75 Å². The number of fused-ring (bicyclic) bond motifs is 1. The van der Waals surface area contributed by atoms with E-state index in [4.69, 9.17) is 29.1 Å². The van der Waals surface area contributed by atoms with Crippen molar-refractivity contribution < 1.29 is 23.7 Å². The number of benzene rings is 1. The van der Waals surface area contributed by atoms with Gasteiger partial charge in [-0.05, 0) is 36.6 Å². The number of rotatable bonds is 9. The van der Waals surface area contributed by atoms with Crippen molar-refractivity contribution in [3.63, 3.8) is 0 Å². The van der Waals surface area contributed by atoms with Gasteiger partial charge in [0.15, 0.2) is 0 Å². The molecule has 7 nitrogen and oxygen atoms in total. The molecule has 154 valence electrons. The second-order valence-corrected chi connectivity index (χ2v) is 6.76. The van der Waals surface area contributed by atoms with Crippen molar-refractivity contribution >= 4 is 11.6 Å². The van der Waals surface area contributed by atoms with E-state index in [0.29, 0.717) is 39.6 Å². The molecule has 1 fully saturated rings. The van der Waals surface area contributed by atoms with E-state index in [9.17, 15) is 0 Å². The van der Waals surface area contributed by atoms with Crippen LogP contribution in [0.2, 0.25) is 0 Å². The van der Waals surface area contributed by atoms with Gasteiger partial charge in [0.2, 0.25) is 5.90 Å². The molecule has 2 heterocycles. The van der Waals surface area contributed by atoms with E-state index < -0.39 is 0 Å². The maximum Gasteiger partial charge on any atom is 0.207 e. The summed E-state index contributed by atoms with van der Waals surface area (Å²) in [5.74, 6) is 0.957. The first-order valence-electron chi connectivity index (χ1n) is 9.96. The van der Waals surface area contributed by atoms with Crippen molar-refractivity contribution in [1.29, 1.82) is 5.41 Å². The van der Waals surface area contributed by atoms with Crippen LogP contribution in [0.4, 0.5) is 0 Å². The largest absolute Gasteiger partial charge is 0.491 e. The summed E-state index contributed by atoms with van der Waals surface area (Å²) in [4.78, 5) is 0. The molecule has 1 saturated heterocycles. The summed E-state index contributed by atoms with van der Waals surface area (Å²) in [7, 11) is 0. The maximum absolute atomic E-state index is 8.10. The molecule has 0 spiro atoms. The highest BCUT2D eigenvalue weighted by Crippen LogP contribution is 2.26. The molecule has 0 aliphatic carbocycles. The minimum absolute atomic E-state index is 0.109. The highest BCUT2D eigenvalue weighted by Gasteiger charge is 2.17. The molecule has 2 aliphatic heterocycles. The quantitative estimate of drug-likeness (QED) is 0.383. The van der Waals surface area contributed by atoms with Crippen molar-refractivity contribution in [1.82, 2.24) is 5.32 Å². The smallest absolute Gasteiger partial charge is 0.207 e. The second kappa shape index (κ2) is 11.0. The van der Waals surface area contributed by atoms with Gasteiger partial charge < -0.3 is 29.0 Å². The first kappa shape index (κ1) is 20.6. The van der Waals surface area contributed by atoms with Gasteiger partial charge in [-0.1, -0.05) is 6.92 Å². The number of nitrogens with one attached hydrogen (secondary N) is 2. The fourth-order valence-electron chi connectivity index (χ4n) is 3.14. The monoisotopic (exact) mass is 390 g/mol. The van der Waals surface area contributed by atoms with Crippen LogP contribution in [0.1, 0.15) is 24.5 Å². The predicted octanol–water partition coefficient (Wildman–Crippen LogP) is 2.39. The first-order chi connectivity index (χ1) is 13.8. The molecule has 2 N–H and O–H groups in total. The minimum atomic E-state index is -0.111. The third-order valence-corrected chi connectivity index (χ3v) is 4.51. The third kappa shape index (κ3) is 6.22. The molecule has 0 aromatic heterocycles. The molecule has 1 aromatic carbocycles. The lowest BCUT2D eigenvalue weighted by atomic mass is 9.97. The Morgan fingerprint density at radius 2 is 2.21 bits per heavy atom. The molecule has 3 rings (SSSR count). The zero-order valence-corrected chi connectivity index (χ0v) is 16.5. The number of ether oxygens (including phenoxy) is 5. The normalized spacial score (nSPS) is 20.3. The van der Waals surface area contributed by atoms with Crippen LogP contribution in [-0.4, -0.2) is 64.8 Å². The maximum atomic E-state index is 8.10. The number of hydrogen-bond acceptors (Lipinski definition) is 7. The van der Waals surface area contributed by atoms with Gasteiger partial charge in [-0.2, -0.15) is 0 Å². The van der Waals surface area contributed by atoms with Gasteiger partial charge in [-0.25, -0.2) is 0 Å². The standard InChI is InChI=1S/C21H30N2O5/c1-2-7-24-8-10-26-17-3-4-19-16(12-17)5-6-23-20(19)13-21(22)28-15-18-14-25-9-11-27-18/h3-4,12-13,18,22-23H,2,5-11,14-15H2,1H3/b20-13-,22-21?/t18-/m1/s1. The Hall–Kier alpha value is -2.09. The van der Waals surface area contributed by atoms with Crippen LogP contribution in [0.25, 0.3) is 5.70 Å². The predicted molar refractivity (Wildman–Crippen MR) is 107 cm³/mol. The van der Waals surface area contributed by atoms with Gasteiger partial charge in [-0.3, -0.25) is 5.41 Å². The number of hydrogen-bond donors (Lipinski definition) is 2. The molecule has 0 bridgehead atoms. The Morgan fingerprint density at radius 3 is 3.04 bits per heavy atom. The van der Waals surface area contributed by atoms with Crippen molar-refractivity contribution in [3.05, 3.63) is 35.4 Å². The highest BCUT2D eigenvalue weighted by molar-refractivity contribution is 5.93. The lowest BCUT2D eigenvalue weighted by Gasteiger charge is -2.24. The van der Waals surface area contributed by atoms with Crippen LogP contribution in [-0.2, 0) is 25.4 Å². The van der Waals surface area contributed by atoms with E-state index in [1.807, 2.05) is 12.1 Å². The van der Waals surface area contributed by atoms with Crippen molar-refractivity contribution in [2.24, 2.45) is 0 Å². The summed E-state index contributed by atoms with van der Waals surface area (Å²) in [6.45, 7) is 6.84. The Balaban J connectivity index is 1.54. The average molecular weight is 390 g/mol. The van der Waals surface area contributed by atoms with Gasteiger partial charge in [0, 0.05) is 30.5 Å². The summed E-state index contributed by atoms with van der Waals surface area (Å²) in [5.41, 5.74) is 3.17. The van der Waals surface area contributed by atoms with Gasteiger partial charge in [-0.15, -0.1) is 0 Å². The summed E-state index contributed by atoms with van der Waals surface area (Å²) in [6.07, 6.45) is 3.54. The highest BCUT2D eigenvalue weighted by atomic mass is 16.6. The van der Waals surface area contributed by atoms with Crippen molar-refractivity contribution in [2.45, 2.75) is 25.9 Å². The van der Waals surface area contributed by atoms with E-state index in [0.717, 1.165) is 43.0 Å². The first-order valence-corrected chi connectivity index (χ1v) is 9.96. The zero-order chi connectivity index (χ0) is 19.6. The summed E-state index contributed by atoms with van der Waals surface area (Å²) in [6, 6.07) is 6.06. The molecule has 0 amide bonds. The zero-order valence-electron chi connectivity index (χ0n) is 16.5. The van der Waals surface area contributed by atoms with Gasteiger partial charge in [0.25, 0.3) is 0 Å². The minimum Gasteiger partial charge on any atom is -0.491 e. The van der Waals surface area contributed by atoms with Crippen LogP contribution in [0.5, 0.6) is 5.75 Å². The fraction of sp³-hybridized carbons (Fsp3) is 0.571. The third-order valence-electron chi connectivity index (χ3n) is 4.51. The lowest BCUT2D eigenvalue weighted by molar-refractivity contribution is -0.103. The molecule has 0 radical (unpaired) electrons. The summed E-state index contributed by atoms with van der Waals surface area (Å²) >= 11 is 0. The Labute approximate surface area is 166 Å². The van der Waals surface area contributed by atoms with E-state index in [2.05, 4.69) is 18.3 Å². The van der Waals surface area contributed by atoms with E-state index in [-0.39, 0.29) is 12.0 Å². The topological polar surface area (TPSA) is 82.0 Å². The second-order valence-electron chi connectivity index (χ2n) is 6.76. The molecule has 0 saturated carbocycles. The Morgan fingerprint density at radius 1 is 1.29 bits per heavy atom. The van der Waals surface area contributed by atoms with Crippen LogP contribution in [0.15, 0.2) is 24.3 Å².